The van der Waals surface area contributed by atoms with E-state index in [1.807, 2.05) is 60.7 Å². The first-order chi connectivity index (χ1) is 8.56. The fourth-order valence-corrected chi connectivity index (χ4v) is 1.82. The van der Waals surface area contributed by atoms with Gasteiger partial charge in [-0.1, -0.05) is 60.7 Å². The highest BCUT2D eigenvalue weighted by molar-refractivity contribution is 5.80. The van der Waals surface area contributed by atoms with Crippen LogP contribution in [-0.4, -0.2) is 5.92 Å². The van der Waals surface area contributed by atoms with Gasteiger partial charge in [-0.15, -0.1) is 0 Å². The van der Waals surface area contributed by atoms with Gasteiger partial charge >= 0.3 is 0 Å². The number of hydrogen-bond donors (Lipinski definition) is 0. The van der Waals surface area contributed by atoms with Crippen LogP contribution in [0.15, 0.2) is 66.7 Å². The van der Waals surface area contributed by atoms with Crippen molar-refractivity contribution in [2.45, 2.75) is 12.8 Å². The van der Waals surface area contributed by atoms with E-state index in [0.717, 1.165) is 24.1 Å². The Bertz CT molecular complexity index is 481. The van der Waals surface area contributed by atoms with Gasteiger partial charge in [0.2, 0.25) is 0 Å². The fourth-order valence-electron chi connectivity index (χ4n) is 1.82. The summed E-state index contributed by atoms with van der Waals surface area (Å²) in [5.74, 6) is -2.83. The molecule has 0 radical (unpaired) electrons. The molecule has 0 aliphatic heterocycles. The molecule has 0 aromatic heterocycles. The molecule has 0 bridgehead atoms. The lowest BCUT2D eigenvalue weighted by atomic mass is 9.96. The van der Waals surface area contributed by atoms with Gasteiger partial charge in [0.05, 0.1) is 0 Å². The predicted molar refractivity (Wildman–Crippen MR) is 70.6 cm³/mol. The summed E-state index contributed by atoms with van der Waals surface area (Å²) >= 11 is 0. The molecule has 0 nitrogen and oxygen atoms in total. The van der Waals surface area contributed by atoms with Crippen LogP contribution in [0.25, 0.3) is 5.57 Å². The number of alkyl halides is 2. The van der Waals surface area contributed by atoms with Crippen LogP contribution in [0.2, 0.25) is 0 Å². The number of benzene rings is 2. The van der Waals surface area contributed by atoms with Gasteiger partial charge in [0.25, 0.3) is 5.92 Å². The molecule has 0 aliphatic carbocycles. The van der Waals surface area contributed by atoms with Crippen molar-refractivity contribution in [1.29, 1.82) is 0 Å². The van der Waals surface area contributed by atoms with E-state index in [2.05, 4.69) is 0 Å². The first-order valence-corrected chi connectivity index (χ1v) is 5.78. The molecule has 0 heterocycles. The summed E-state index contributed by atoms with van der Waals surface area (Å²) in [4.78, 5) is 0. The molecule has 2 rings (SSSR count). The zero-order chi connectivity index (χ0) is 13.0. The molecule has 0 atom stereocenters. The summed E-state index contributed by atoms with van der Waals surface area (Å²) in [5.41, 5.74) is 2.15. The summed E-state index contributed by atoms with van der Waals surface area (Å²) < 4.78 is 26.5. The zero-order valence-electron chi connectivity index (χ0n) is 10.1. The quantitative estimate of drug-likeness (QED) is 0.729. The zero-order valence-corrected chi connectivity index (χ0v) is 10.1. The van der Waals surface area contributed by atoms with Gasteiger partial charge in [-0.05, 0) is 22.8 Å². The van der Waals surface area contributed by atoms with Crippen LogP contribution in [0.4, 0.5) is 8.78 Å². The van der Waals surface area contributed by atoms with Crippen molar-refractivity contribution >= 4 is 5.57 Å². The van der Waals surface area contributed by atoms with E-state index < -0.39 is 5.92 Å². The average Bonchev–Trinajstić information content (AvgIpc) is 2.37. The van der Waals surface area contributed by atoms with E-state index >= 15 is 0 Å². The molecule has 0 fully saturated rings. The Morgan fingerprint density at radius 1 is 0.833 bits per heavy atom. The molecule has 2 aromatic rings. The molecule has 0 N–H and O–H groups in total. The number of rotatable bonds is 3. The highest BCUT2D eigenvalue weighted by atomic mass is 19.3. The summed E-state index contributed by atoms with van der Waals surface area (Å²) in [6, 6.07) is 18.5. The van der Waals surface area contributed by atoms with Crippen molar-refractivity contribution in [3.8, 4) is 0 Å². The maximum Gasteiger partial charge on any atom is 0.264 e. The van der Waals surface area contributed by atoms with Crippen molar-refractivity contribution in [2.75, 3.05) is 0 Å². The Balaban J connectivity index is 2.53. The lowest BCUT2D eigenvalue weighted by molar-refractivity contribution is 0.0781. The van der Waals surface area contributed by atoms with Crippen LogP contribution in [0.1, 0.15) is 18.1 Å². The Morgan fingerprint density at radius 2 is 1.22 bits per heavy atom. The monoisotopic (exact) mass is 244 g/mol. The highest BCUT2D eigenvalue weighted by Crippen LogP contribution is 2.28. The van der Waals surface area contributed by atoms with Crippen LogP contribution in [0, 0.1) is 0 Å². The van der Waals surface area contributed by atoms with Crippen molar-refractivity contribution in [3.63, 3.8) is 0 Å². The van der Waals surface area contributed by atoms with Crippen molar-refractivity contribution in [2.24, 2.45) is 0 Å². The third-order valence-electron chi connectivity index (χ3n) is 2.57. The van der Waals surface area contributed by atoms with Gasteiger partial charge in [0.15, 0.2) is 0 Å². The lowest BCUT2D eigenvalue weighted by Gasteiger charge is -2.12. The molecule has 92 valence electrons. The second kappa shape index (κ2) is 5.13. The van der Waals surface area contributed by atoms with Crippen LogP contribution < -0.4 is 0 Å². The lowest BCUT2D eigenvalue weighted by Crippen LogP contribution is -2.06. The molecular formula is C16H14F2. The van der Waals surface area contributed by atoms with E-state index in [9.17, 15) is 8.78 Å². The van der Waals surface area contributed by atoms with Gasteiger partial charge in [0, 0.05) is 6.92 Å². The number of halogens is 2. The van der Waals surface area contributed by atoms with Crippen LogP contribution in [0.5, 0.6) is 0 Å². The Hall–Kier alpha value is -1.96. The normalized spacial score (nSPS) is 11.1. The Kier molecular flexibility index (Phi) is 3.56. The first kappa shape index (κ1) is 12.5. The molecule has 18 heavy (non-hydrogen) atoms. The topological polar surface area (TPSA) is 0 Å². The highest BCUT2D eigenvalue weighted by Gasteiger charge is 2.19. The molecule has 0 saturated heterocycles. The molecule has 0 saturated carbocycles. The fraction of sp³-hybridized carbons (Fsp3) is 0.125. The van der Waals surface area contributed by atoms with E-state index in [-0.39, 0.29) is 0 Å². The number of hydrogen-bond acceptors (Lipinski definition) is 0. The Labute approximate surface area is 106 Å². The standard InChI is InChI=1S/C16H14F2/c1-16(17,18)12-15(13-8-4-2-5-9-13)14-10-6-3-7-11-14/h2-12H,1H3. The van der Waals surface area contributed by atoms with Gasteiger partial charge in [-0.25, -0.2) is 8.78 Å². The van der Waals surface area contributed by atoms with Crippen LogP contribution >= 0.6 is 0 Å². The smallest absolute Gasteiger partial charge is 0.202 e. The van der Waals surface area contributed by atoms with Crippen molar-refractivity contribution in [3.05, 3.63) is 77.9 Å². The van der Waals surface area contributed by atoms with E-state index in [4.69, 9.17) is 0 Å². The van der Waals surface area contributed by atoms with E-state index in [1.54, 1.807) is 0 Å². The second-order valence-electron chi connectivity index (χ2n) is 4.25. The van der Waals surface area contributed by atoms with Crippen LogP contribution in [-0.2, 0) is 0 Å². The summed E-state index contributed by atoms with van der Waals surface area (Å²) in [5, 5.41) is 0. The van der Waals surface area contributed by atoms with Crippen molar-refractivity contribution in [1.82, 2.24) is 0 Å². The third-order valence-corrected chi connectivity index (χ3v) is 2.57. The first-order valence-electron chi connectivity index (χ1n) is 5.78. The third kappa shape index (κ3) is 3.27. The molecule has 0 amide bonds. The molecule has 2 heteroatoms. The maximum atomic E-state index is 13.3. The average molecular weight is 244 g/mol. The summed E-state index contributed by atoms with van der Waals surface area (Å²) in [6.07, 6.45) is 1.01. The van der Waals surface area contributed by atoms with Gasteiger partial charge in [-0.3, -0.25) is 0 Å². The molecule has 0 spiro atoms. The SMILES string of the molecule is CC(F)(F)C=C(c1ccccc1)c1ccccc1. The molecule has 0 unspecified atom stereocenters. The Morgan fingerprint density at radius 3 is 1.56 bits per heavy atom. The minimum atomic E-state index is -2.83. The van der Waals surface area contributed by atoms with Gasteiger partial charge in [0.1, 0.15) is 0 Å². The van der Waals surface area contributed by atoms with Crippen LogP contribution in [0.3, 0.4) is 0 Å². The maximum absolute atomic E-state index is 13.3. The molecule has 2 aromatic carbocycles. The number of allylic oxidation sites excluding steroid dienone is 1. The van der Waals surface area contributed by atoms with E-state index in [1.165, 1.54) is 0 Å². The minimum Gasteiger partial charge on any atom is -0.202 e. The molecular weight excluding hydrogens is 230 g/mol. The van der Waals surface area contributed by atoms with Gasteiger partial charge in [-0.2, -0.15) is 0 Å². The minimum absolute atomic E-state index is 0.559. The van der Waals surface area contributed by atoms with Gasteiger partial charge < -0.3 is 0 Å². The van der Waals surface area contributed by atoms with Crippen molar-refractivity contribution < 1.29 is 8.78 Å². The largest absolute Gasteiger partial charge is 0.264 e. The second-order valence-corrected chi connectivity index (χ2v) is 4.25. The summed E-state index contributed by atoms with van der Waals surface area (Å²) in [6.45, 7) is 0.902. The molecule has 0 aliphatic rings. The predicted octanol–water partition coefficient (Wildman–Crippen LogP) is 4.77. The van der Waals surface area contributed by atoms with E-state index in [0.29, 0.717) is 5.57 Å². The summed E-state index contributed by atoms with van der Waals surface area (Å²) in [7, 11) is 0.